The fraction of sp³-hybridized carbons (Fsp3) is 0.150. The first kappa shape index (κ1) is 18.2. The molecule has 0 bridgehead atoms. The zero-order chi connectivity index (χ0) is 19.5. The van der Waals surface area contributed by atoms with Crippen molar-refractivity contribution in [3.63, 3.8) is 0 Å². The summed E-state index contributed by atoms with van der Waals surface area (Å²) in [4.78, 5) is 20.7. The number of hydrogen-bond acceptors (Lipinski definition) is 5. The number of benzene rings is 2. The number of thiazole rings is 1. The summed E-state index contributed by atoms with van der Waals surface area (Å²) < 4.78 is 32.8. The third-order valence-electron chi connectivity index (χ3n) is 4.12. The molecule has 28 heavy (non-hydrogen) atoms. The molecule has 0 aliphatic carbocycles. The fourth-order valence-electron chi connectivity index (χ4n) is 2.86. The van der Waals surface area contributed by atoms with E-state index in [-0.39, 0.29) is 18.9 Å². The number of carbonyl (C=O) groups is 1. The van der Waals surface area contributed by atoms with E-state index in [9.17, 15) is 13.6 Å². The molecule has 0 aliphatic heterocycles. The minimum atomic E-state index is -2.77. The van der Waals surface area contributed by atoms with Crippen LogP contribution in [0.5, 0.6) is 0 Å². The normalized spacial score (nSPS) is 11.2. The zero-order valence-electron chi connectivity index (χ0n) is 14.6. The molecule has 2 aromatic carbocycles. The van der Waals surface area contributed by atoms with Gasteiger partial charge in [-0.25, -0.2) is 9.97 Å². The van der Waals surface area contributed by atoms with E-state index in [0.717, 1.165) is 15.1 Å². The quantitative estimate of drug-likeness (QED) is 0.435. The maximum absolute atomic E-state index is 13.4. The molecule has 0 atom stereocenters. The largest absolute Gasteiger partial charge is 0.457 e. The van der Waals surface area contributed by atoms with Gasteiger partial charge in [0, 0.05) is 10.9 Å². The van der Waals surface area contributed by atoms with Gasteiger partial charge in [0.05, 0.1) is 23.1 Å². The Morgan fingerprint density at radius 2 is 1.82 bits per heavy atom. The number of alkyl halides is 2. The van der Waals surface area contributed by atoms with E-state index in [0.29, 0.717) is 16.7 Å². The van der Waals surface area contributed by atoms with Crippen molar-refractivity contribution in [2.75, 3.05) is 0 Å². The Bertz CT molecular complexity index is 1110. The topological polar surface area (TPSA) is 57.0 Å². The zero-order valence-corrected chi connectivity index (χ0v) is 15.4. The number of carbonyl (C=O) groups excluding carboxylic acids is 1. The fourth-order valence-corrected chi connectivity index (χ4v) is 3.69. The van der Waals surface area contributed by atoms with E-state index in [4.69, 9.17) is 4.74 Å². The van der Waals surface area contributed by atoms with Gasteiger partial charge in [0.1, 0.15) is 11.6 Å². The van der Waals surface area contributed by atoms with Crippen LogP contribution in [-0.4, -0.2) is 20.5 Å². The minimum absolute atomic E-state index is 0.00722. The number of imidazole rings is 1. The van der Waals surface area contributed by atoms with Gasteiger partial charge in [0.15, 0.2) is 5.82 Å². The van der Waals surface area contributed by atoms with Crippen LogP contribution >= 0.6 is 11.3 Å². The molecule has 4 rings (SSSR count). The average Bonchev–Trinajstić information content (AvgIpc) is 3.31. The van der Waals surface area contributed by atoms with Crippen molar-refractivity contribution in [1.82, 2.24) is 14.5 Å². The van der Waals surface area contributed by atoms with Crippen LogP contribution in [0.2, 0.25) is 0 Å². The summed E-state index contributed by atoms with van der Waals surface area (Å²) in [7, 11) is 0. The molecule has 8 heteroatoms. The Hall–Kier alpha value is -3.13. The lowest BCUT2D eigenvalue weighted by atomic mass is 10.2. The number of rotatable bonds is 6. The lowest BCUT2D eigenvalue weighted by molar-refractivity contribution is -0.144. The second kappa shape index (κ2) is 7.85. The van der Waals surface area contributed by atoms with Crippen molar-refractivity contribution in [3.05, 3.63) is 71.5 Å². The summed E-state index contributed by atoms with van der Waals surface area (Å²) in [6, 6.07) is 16.2. The molecule has 5 nitrogen and oxygen atoms in total. The van der Waals surface area contributed by atoms with Crippen molar-refractivity contribution in [2.24, 2.45) is 0 Å². The maximum atomic E-state index is 13.4. The van der Waals surface area contributed by atoms with Gasteiger partial charge in [-0.1, -0.05) is 42.5 Å². The molecule has 142 valence electrons. The molecule has 2 heterocycles. The smallest absolute Gasteiger partial charge is 0.320 e. The minimum Gasteiger partial charge on any atom is -0.457 e. The number of nitrogens with zero attached hydrogens (tertiary/aromatic N) is 3. The van der Waals surface area contributed by atoms with Crippen LogP contribution in [0.25, 0.3) is 21.6 Å². The molecule has 0 spiro atoms. The van der Waals surface area contributed by atoms with Gasteiger partial charge >= 0.3 is 12.5 Å². The molecular weight excluding hydrogens is 384 g/mol. The van der Waals surface area contributed by atoms with E-state index >= 15 is 0 Å². The van der Waals surface area contributed by atoms with E-state index in [1.807, 2.05) is 30.3 Å². The van der Waals surface area contributed by atoms with Gasteiger partial charge in [-0.3, -0.25) is 9.36 Å². The summed E-state index contributed by atoms with van der Waals surface area (Å²) in [6.07, 6.45) is -0.0295. The first-order chi connectivity index (χ1) is 13.6. The first-order valence-corrected chi connectivity index (χ1v) is 9.39. The van der Waals surface area contributed by atoms with Gasteiger partial charge in [0.25, 0.3) is 0 Å². The average molecular weight is 399 g/mol. The summed E-state index contributed by atoms with van der Waals surface area (Å²) in [5.74, 6) is -0.536. The molecule has 2 aromatic heterocycles. The van der Waals surface area contributed by atoms with Crippen molar-refractivity contribution in [2.45, 2.75) is 19.6 Å². The Morgan fingerprint density at radius 1 is 1.07 bits per heavy atom. The lowest BCUT2D eigenvalue weighted by Gasteiger charge is -2.08. The molecule has 0 N–H and O–H groups in total. The lowest BCUT2D eigenvalue weighted by Crippen LogP contribution is -2.12. The Labute approximate surface area is 163 Å². The molecule has 0 saturated carbocycles. The third-order valence-corrected chi connectivity index (χ3v) is 5.06. The summed E-state index contributed by atoms with van der Waals surface area (Å²) in [5.41, 5.74) is 2.28. The highest BCUT2D eigenvalue weighted by Gasteiger charge is 2.19. The maximum Gasteiger partial charge on any atom is 0.320 e. The molecule has 0 amide bonds. The second-order valence-corrected chi connectivity index (χ2v) is 6.87. The summed E-state index contributed by atoms with van der Waals surface area (Å²) in [5, 5.41) is 2.60. The molecular formula is C20H15F2N3O2S. The van der Waals surface area contributed by atoms with E-state index < -0.39 is 12.5 Å². The van der Waals surface area contributed by atoms with Crippen LogP contribution < -0.4 is 0 Å². The summed E-state index contributed by atoms with van der Waals surface area (Å²) >= 11 is 1.43. The number of aromatic nitrogens is 3. The second-order valence-electron chi connectivity index (χ2n) is 6.01. The molecule has 0 saturated heterocycles. The van der Waals surface area contributed by atoms with Crippen LogP contribution in [-0.2, 0) is 22.6 Å². The Morgan fingerprint density at radius 3 is 2.61 bits per heavy atom. The third kappa shape index (κ3) is 3.77. The standard InChI is InChI=1S/C20H15F2N3O2S/c21-20(22)25-16-9-5-4-8-15(16)24-17(25)11-27-18(26)10-14-12-28-19(23-14)13-6-2-1-3-7-13/h1-9,12,20H,10-11H2. The van der Waals surface area contributed by atoms with Gasteiger partial charge in [-0.05, 0) is 12.1 Å². The number of halogens is 2. The highest BCUT2D eigenvalue weighted by atomic mass is 32.1. The SMILES string of the molecule is O=C(Cc1csc(-c2ccccc2)n1)OCc1nc2ccccc2n1C(F)F. The van der Waals surface area contributed by atoms with E-state index in [1.165, 1.54) is 11.3 Å². The predicted octanol–water partition coefficient (Wildman–Crippen LogP) is 4.84. The monoisotopic (exact) mass is 399 g/mol. The first-order valence-electron chi connectivity index (χ1n) is 8.51. The van der Waals surface area contributed by atoms with Crippen LogP contribution in [0.15, 0.2) is 60.0 Å². The van der Waals surface area contributed by atoms with E-state index in [2.05, 4.69) is 9.97 Å². The van der Waals surface area contributed by atoms with Gasteiger partial charge < -0.3 is 4.74 Å². The molecule has 0 unspecified atom stereocenters. The number of para-hydroxylation sites is 2. The van der Waals surface area contributed by atoms with Crippen molar-refractivity contribution >= 4 is 28.3 Å². The highest BCUT2D eigenvalue weighted by molar-refractivity contribution is 7.13. The Balaban J connectivity index is 1.44. The number of ether oxygens (including phenoxy) is 1. The molecule has 4 aromatic rings. The number of hydrogen-bond donors (Lipinski definition) is 0. The molecule has 0 radical (unpaired) electrons. The highest BCUT2D eigenvalue weighted by Crippen LogP contribution is 2.25. The Kier molecular flexibility index (Phi) is 5.12. The van der Waals surface area contributed by atoms with E-state index in [1.54, 1.807) is 29.6 Å². The van der Waals surface area contributed by atoms with Gasteiger partial charge in [-0.15, -0.1) is 11.3 Å². The van der Waals surface area contributed by atoms with Crippen LogP contribution in [0.4, 0.5) is 8.78 Å². The van der Waals surface area contributed by atoms with Crippen molar-refractivity contribution in [1.29, 1.82) is 0 Å². The number of fused-ring (bicyclic) bond motifs is 1. The number of esters is 1. The molecule has 0 fully saturated rings. The molecule has 0 aliphatic rings. The van der Waals surface area contributed by atoms with Gasteiger partial charge in [-0.2, -0.15) is 8.78 Å². The van der Waals surface area contributed by atoms with Gasteiger partial charge in [0.2, 0.25) is 0 Å². The van der Waals surface area contributed by atoms with Crippen LogP contribution in [0.1, 0.15) is 18.1 Å². The van der Waals surface area contributed by atoms with Crippen LogP contribution in [0.3, 0.4) is 0 Å². The predicted molar refractivity (Wildman–Crippen MR) is 102 cm³/mol. The summed E-state index contributed by atoms with van der Waals surface area (Å²) in [6.45, 7) is -3.10. The van der Waals surface area contributed by atoms with Crippen molar-refractivity contribution in [3.8, 4) is 10.6 Å². The van der Waals surface area contributed by atoms with Crippen molar-refractivity contribution < 1.29 is 18.3 Å². The van der Waals surface area contributed by atoms with Crippen LogP contribution in [0, 0.1) is 0 Å².